The molecule has 8 heteroatoms. The van der Waals surface area contributed by atoms with Crippen LogP contribution in [0.4, 0.5) is 0 Å². The molecule has 0 unspecified atom stereocenters. The zero-order valence-electron chi connectivity index (χ0n) is 27.7. The minimum atomic E-state index is -1.71. The number of hydrogen-bond donors (Lipinski definition) is 1. The lowest BCUT2D eigenvalue weighted by Gasteiger charge is -2.36. The van der Waals surface area contributed by atoms with Gasteiger partial charge in [-0.3, -0.25) is 0 Å². The van der Waals surface area contributed by atoms with Crippen LogP contribution in [0.3, 0.4) is 0 Å². The molecule has 2 aromatic rings. The molecule has 2 aromatic carbocycles. The SMILES string of the molecule is C.C.CC(C)(C)[Si](C)(C)OCC[C@@H](C=O)Cc1ccc(Br)cc1.CC(C)(C)[Si](C)(C)OCC[C@@H](CO)Cc1ccc(Br)cc1. The molecule has 254 valence electrons. The molecule has 0 aliphatic rings. The van der Waals surface area contributed by atoms with E-state index in [1.54, 1.807) is 0 Å². The van der Waals surface area contributed by atoms with Crippen molar-refractivity contribution in [3.05, 3.63) is 68.6 Å². The van der Waals surface area contributed by atoms with Gasteiger partial charge in [-0.2, -0.15) is 0 Å². The predicted octanol–water partition coefficient (Wildman–Crippen LogP) is 11.5. The van der Waals surface area contributed by atoms with E-state index in [0.29, 0.717) is 6.61 Å². The summed E-state index contributed by atoms with van der Waals surface area (Å²) < 4.78 is 14.5. The Morgan fingerprint density at radius 2 is 1.07 bits per heavy atom. The fourth-order valence-corrected chi connectivity index (χ4v) is 6.38. The predicted molar refractivity (Wildman–Crippen MR) is 205 cm³/mol. The average molecular weight is 777 g/mol. The van der Waals surface area contributed by atoms with Crippen LogP contribution in [0.5, 0.6) is 0 Å². The van der Waals surface area contributed by atoms with E-state index in [-0.39, 0.29) is 43.4 Å². The zero-order chi connectivity index (χ0) is 32.2. The monoisotopic (exact) mass is 774 g/mol. The molecule has 4 nitrogen and oxygen atoms in total. The number of hydrogen-bond acceptors (Lipinski definition) is 4. The van der Waals surface area contributed by atoms with Crippen molar-refractivity contribution in [2.24, 2.45) is 11.8 Å². The summed E-state index contributed by atoms with van der Waals surface area (Å²) in [4.78, 5) is 11.3. The van der Waals surface area contributed by atoms with E-state index in [2.05, 4.69) is 136 Å². The van der Waals surface area contributed by atoms with Crippen LogP contribution in [-0.2, 0) is 26.5 Å². The molecule has 0 fully saturated rings. The average Bonchev–Trinajstić information content (AvgIpc) is 2.88. The fourth-order valence-electron chi connectivity index (χ4n) is 3.73. The second-order valence-corrected chi connectivity index (χ2v) is 25.9. The van der Waals surface area contributed by atoms with Crippen LogP contribution in [0.2, 0.25) is 36.3 Å². The van der Waals surface area contributed by atoms with Gasteiger partial charge in [-0.25, -0.2) is 0 Å². The molecular formula is C36H64Br2O4Si2. The van der Waals surface area contributed by atoms with Crippen LogP contribution in [0, 0.1) is 11.8 Å². The first-order valence-electron chi connectivity index (χ1n) is 15.1. The largest absolute Gasteiger partial charge is 0.417 e. The molecule has 44 heavy (non-hydrogen) atoms. The first-order valence-corrected chi connectivity index (χ1v) is 22.5. The van der Waals surface area contributed by atoms with Gasteiger partial charge in [-0.05, 0) is 103 Å². The van der Waals surface area contributed by atoms with E-state index >= 15 is 0 Å². The van der Waals surface area contributed by atoms with Gasteiger partial charge >= 0.3 is 0 Å². The molecule has 0 heterocycles. The van der Waals surface area contributed by atoms with E-state index in [1.807, 2.05) is 12.1 Å². The first-order chi connectivity index (χ1) is 19.3. The van der Waals surface area contributed by atoms with Crippen molar-refractivity contribution >= 4 is 54.8 Å². The molecular weight excluding hydrogens is 712 g/mol. The topological polar surface area (TPSA) is 55.8 Å². The summed E-state index contributed by atoms with van der Waals surface area (Å²) in [6.07, 6.45) is 4.48. The molecule has 0 aromatic heterocycles. The summed E-state index contributed by atoms with van der Waals surface area (Å²) in [7, 11) is -3.38. The van der Waals surface area contributed by atoms with Crippen molar-refractivity contribution < 1.29 is 18.8 Å². The maximum absolute atomic E-state index is 11.3. The Hall–Kier alpha value is -0.616. The van der Waals surface area contributed by atoms with E-state index < -0.39 is 16.6 Å². The van der Waals surface area contributed by atoms with E-state index in [4.69, 9.17) is 8.85 Å². The lowest BCUT2D eigenvalue weighted by molar-refractivity contribution is -0.111. The molecule has 0 amide bonds. The second kappa shape index (κ2) is 20.6. The van der Waals surface area contributed by atoms with Gasteiger partial charge in [0.2, 0.25) is 0 Å². The second-order valence-electron chi connectivity index (χ2n) is 14.4. The quantitative estimate of drug-likeness (QED) is 0.153. The highest BCUT2D eigenvalue weighted by Crippen LogP contribution is 2.37. The molecule has 0 radical (unpaired) electrons. The number of carbonyl (C=O) groups excluding carboxylic acids is 1. The molecule has 0 saturated heterocycles. The molecule has 1 N–H and O–H groups in total. The number of benzene rings is 2. The summed E-state index contributed by atoms with van der Waals surface area (Å²) >= 11 is 6.87. The van der Waals surface area contributed by atoms with Gasteiger partial charge in [-0.15, -0.1) is 0 Å². The summed E-state index contributed by atoms with van der Waals surface area (Å²) in [5, 5.41) is 10.0. The van der Waals surface area contributed by atoms with Crippen LogP contribution >= 0.6 is 31.9 Å². The Morgan fingerprint density at radius 3 is 1.41 bits per heavy atom. The minimum Gasteiger partial charge on any atom is -0.417 e. The third-order valence-corrected chi connectivity index (χ3v) is 19.0. The molecule has 0 saturated carbocycles. The molecule has 0 bridgehead atoms. The van der Waals surface area contributed by atoms with Crippen molar-refractivity contribution in [1.29, 1.82) is 0 Å². The number of rotatable bonds is 14. The van der Waals surface area contributed by atoms with Crippen molar-refractivity contribution in [3.8, 4) is 0 Å². The molecule has 0 aliphatic heterocycles. The number of aliphatic hydroxyl groups excluding tert-OH is 1. The Labute approximate surface area is 290 Å². The summed E-state index contributed by atoms with van der Waals surface area (Å²) in [5.41, 5.74) is 2.47. The van der Waals surface area contributed by atoms with Crippen LogP contribution in [0.25, 0.3) is 0 Å². The van der Waals surface area contributed by atoms with E-state index in [1.165, 1.54) is 11.1 Å². The summed E-state index contributed by atoms with van der Waals surface area (Å²) in [5.74, 6) is 0.312. The molecule has 2 rings (SSSR count). The van der Waals surface area contributed by atoms with Crippen LogP contribution < -0.4 is 0 Å². The smallest absolute Gasteiger partial charge is 0.191 e. The number of carbonyl (C=O) groups is 1. The van der Waals surface area contributed by atoms with E-state index in [9.17, 15) is 9.90 Å². The van der Waals surface area contributed by atoms with Gasteiger partial charge in [0.25, 0.3) is 0 Å². The van der Waals surface area contributed by atoms with Gasteiger partial charge in [0, 0.05) is 34.7 Å². The third kappa shape index (κ3) is 16.8. The Kier molecular flexibility index (Phi) is 21.3. The summed E-state index contributed by atoms with van der Waals surface area (Å²) in [6, 6.07) is 16.5. The van der Waals surface area contributed by atoms with E-state index in [0.717, 1.165) is 47.5 Å². The van der Waals surface area contributed by atoms with Gasteiger partial charge < -0.3 is 18.8 Å². The number of halogens is 2. The zero-order valence-corrected chi connectivity index (χ0v) is 32.9. The minimum absolute atomic E-state index is 0. The number of aldehydes is 1. The van der Waals surface area contributed by atoms with Gasteiger partial charge in [0.1, 0.15) is 6.29 Å². The summed E-state index contributed by atoms with van der Waals surface area (Å²) in [6.45, 7) is 24.2. The standard InChI is InChI=1S/C17H29BrO2Si.C17H27BrO2Si.2CH4/c2*1-17(2,3)21(4,5)20-11-10-15(13-19)12-14-6-8-16(18)9-7-14;;/h6-9,15,19H,10-13H2,1-5H3;6-9,13,15H,10-12H2,1-5H3;2*1H4/t2*15-;;/m11../s1. The Morgan fingerprint density at radius 1 is 0.705 bits per heavy atom. The van der Waals surface area contributed by atoms with Crippen molar-refractivity contribution in [2.45, 2.75) is 118 Å². The highest BCUT2D eigenvalue weighted by atomic mass is 79.9. The lowest BCUT2D eigenvalue weighted by atomic mass is 9.97. The molecule has 2 atom stereocenters. The Balaban J connectivity index is 0. The van der Waals surface area contributed by atoms with Gasteiger partial charge in [0.15, 0.2) is 16.6 Å². The first kappa shape index (κ1) is 45.5. The highest BCUT2D eigenvalue weighted by Gasteiger charge is 2.37. The van der Waals surface area contributed by atoms with Gasteiger partial charge in [0.05, 0.1) is 0 Å². The normalized spacial score (nSPS) is 13.5. The van der Waals surface area contributed by atoms with Crippen molar-refractivity contribution in [3.63, 3.8) is 0 Å². The van der Waals surface area contributed by atoms with Crippen LogP contribution in [0.1, 0.15) is 80.4 Å². The molecule has 0 spiro atoms. The number of aliphatic hydroxyl groups is 1. The Bertz CT molecular complexity index is 1040. The molecule has 0 aliphatic carbocycles. The van der Waals surface area contributed by atoms with Gasteiger partial charge in [-0.1, -0.05) is 113 Å². The van der Waals surface area contributed by atoms with Crippen molar-refractivity contribution in [1.82, 2.24) is 0 Å². The fraction of sp³-hybridized carbons (Fsp3) is 0.639. The highest BCUT2D eigenvalue weighted by molar-refractivity contribution is 9.10. The third-order valence-electron chi connectivity index (χ3n) is 8.85. The maximum Gasteiger partial charge on any atom is 0.191 e. The maximum atomic E-state index is 11.3. The lowest BCUT2D eigenvalue weighted by Crippen LogP contribution is -2.41. The van der Waals surface area contributed by atoms with Crippen LogP contribution in [0.15, 0.2) is 57.5 Å². The van der Waals surface area contributed by atoms with Crippen molar-refractivity contribution in [2.75, 3.05) is 19.8 Å². The van der Waals surface area contributed by atoms with Crippen LogP contribution in [-0.4, -0.2) is 47.8 Å².